The molecule has 1 aromatic heterocycles. The number of rotatable bonds is 4. The van der Waals surface area contributed by atoms with Crippen molar-refractivity contribution in [3.05, 3.63) is 18.2 Å². The Labute approximate surface area is 124 Å². The SMILES string of the molecule is Nc1ccc2nc(S(=O)CC(=O)NC3CCCC3)oc2c1. The Hall–Kier alpha value is -1.89. The van der Waals surface area contributed by atoms with Crippen LogP contribution >= 0.6 is 0 Å². The molecular formula is C14H17N3O3S. The van der Waals surface area contributed by atoms with Gasteiger partial charge in [0, 0.05) is 17.8 Å². The number of anilines is 1. The maximum absolute atomic E-state index is 12.1. The third kappa shape index (κ3) is 3.24. The number of benzene rings is 1. The first kappa shape index (κ1) is 14.1. The molecule has 1 amide bonds. The van der Waals surface area contributed by atoms with Gasteiger partial charge in [-0.15, -0.1) is 0 Å². The van der Waals surface area contributed by atoms with Crippen molar-refractivity contribution < 1.29 is 13.4 Å². The van der Waals surface area contributed by atoms with Gasteiger partial charge in [0.2, 0.25) is 5.91 Å². The number of nitrogens with one attached hydrogen (secondary N) is 1. The number of carbonyl (C=O) groups excluding carboxylic acids is 1. The van der Waals surface area contributed by atoms with Crippen LogP contribution in [0.1, 0.15) is 25.7 Å². The quantitative estimate of drug-likeness (QED) is 0.836. The molecule has 0 aliphatic heterocycles. The van der Waals surface area contributed by atoms with Crippen molar-refractivity contribution in [2.45, 2.75) is 36.9 Å². The van der Waals surface area contributed by atoms with Crippen LogP contribution in [-0.4, -0.2) is 26.9 Å². The standard InChI is InChI=1S/C14H17N3O3S/c15-9-5-6-11-12(7-9)20-14(17-11)21(19)8-13(18)16-10-3-1-2-4-10/h5-7,10H,1-4,8,15H2,(H,16,18). The summed E-state index contributed by atoms with van der Waals surface area (Å²) in [7, 11) is -1.58. The Morgan fingerprint density at radius 2 is 2.19 bits per heavy atom. The first-order chi connectivity index (χ1) is 10.1. The van der Waals surface area contributed by atoms with E-state index < -0.39 is 10.8 Å². The number of hydrogen-bond donors (Lipinski definition) is 2. The van der Waals surface area contributed by atoms with E-state index in [0.717, 1.165) is 25.7 Å². The van der Waals surface area contributed by atoms with Crippen LogP contribution in [0.15, 0.2) is 27.8 Å². The number of hydrogen-bond acceptors (Lipinski definition) is 5. The number of oxazole rings is 1. The van der Waals surface area contributed by atoms with E-state index in [-0.39, 0.29) is 22.9 Å². The maximum Gasteiger partial charge on any atom is 0.288 e. The Bertz CT molecular complexity index is 692. The molecule has 112 valence electrons. The van der Waals surface area contributed by atoms with Gasteiger partial charge in [-0.1, -0.05) is 12.8 Å². The van der Waals surface area contributed by atoms with E-state index in [2.05, 4.69) is 10.3 Å². The molecule has 0 radical (unpaired) electrons. The average Bonchev–Trinajstić information content (AvgIpc) is 3.06. The smallest absolute Gasteiger partial charge is 0.288 e. The summed E-state index contributed by atoms with van der Waals surface area (Å²) in [5.74, 6) is -0.347. The van der Waals surface area contributed by atoms with E-state index in [0.29, 0.717) is 16.8 Å². The highest BCUT2D eigenvalue weighted by Gasteiger charge is 2.21. The van der Waals surface area contributed by atoms with Gasteiger partial charge in [-0.25, -0.2) is 9.19 Å². The van der Waals surface area contributed by atoms with Crippen LogP contribution in [0.25, 0.3) is 11.1 Å². The Morgan fingerprint density at radius 1 is 1.43 bits per heavy atom. The molecule has 1 heterocycles. The van der Waals surface area contributed by atoms with E-state index in [1.54, 1.807) is 18.2 Å². The van der Waals surface area contributed by atoms with E-state index in [4.69, 9.17) is 10.2 Å². The second kappa shape index (κ2) is 5.85. The number of nitrogen functional groups attached to an aromatic ring is 1. The van der Waals surface area contributed by atoms with Gasteiger partial charge in [-0.05, 0) is 25.0 Å². The van der Waals surface area contributed by atoms with Gasteiger partial charge < -0.3 is 15.5 Å². The first-order valence-electron chi connectivity index (χ1n) is 6.95. The van der Waals surface area contributed by atoms with E-state index in [9.17, 15) is 9.00 Å². The molecule has 3 N–H and O–H groups in total. The molecule has 2 aromatic rings. The Balaban J connectivity index is 1.67. The molecule has 1 unspecified atom stereocenters. The number of carbonyl (C=O) groups is 1. The van der Waals surface area contributed by atoms with Gasteiger partial charge in [-0.3, -0.25) is 4.79 Å². The van der Waals surface area contributed by atoms with Crippen LogP contribution in [0.4, 0.5) is 5.69 Å². The molecule has 1 atom stereocenters. The number of aromatic nitrogens is 1. The van der Waals surface area contributed by atoms with Crippen LogP contribution in [0.5, 0.6) is 0 Å². The zero-order chi connectivity index (χ0) is 14.8. The van der Waals surface area contributed by atoms with Crippen molar-refractivity contribution in [3.63, 3.8) is 0 Å². The van der Waals surface area contributed by atoms with Crippen molar-refractivity contribution in [2.75, 3.05) is 11.5 Å². The second-order valence-electron chi connectivity index (χ2n) is 5.25. The molecule has 3 rings (SSSR count). The molecule has 0 bridgehead atoms. The van der Waals surface area contributed by atoms with Gasteiger partial charge in [-0.2, -0.15) is 0 Å². The van der Waals surface area contributed by atoms with Crippen molar-refractivity contribution in [1.29, 1.82) is 0 Å². The van der Waals surface area contributed by atoms with Gasteiger partial charge in [0.25, 0.3) is 5.22 Å². The highest BCUT2D eigenvalue weighted by Crippen LogP contribution is 2.21. The van der Waals surface area contributed by atoms with Crippen molar-refractivity contribution in [2.24, 2.45) is 0 Å². The summed E-state index contributed by atoms with van der Waals surface area (Å²) in [4.78, 5) is 16.0. The number of nitrogens with zero attached hydrogens (tertiary/aromatic N) is 1. The molecule has 1 aliphatic rings. The van der Waals surface area contributed by atoms with Crippen LogP contribution in [-0.2, 0) is 15.6 Å². The molecule has 6 nitrogen and oxygen atoms in total. The molecule has 1 aromatic carbocycles. The summed E-state index contributed by atoms with van der Waals surface area (Å²) in [6, 6.07) is 5.25. The molecule has 1 saturated carbocycles. The summed E-state index contributed by atoms with van der Waals surface area (Å²) in [5.41, 5.74) is 7.27. The van der Waals surface area contributed by atoms with Gasteiger partial charge >= 0.3 is 0 Å². The van der Waals surface area contributed by atoms with Crippen molar-refractivity contribution >= 4 is 33.5 Å². The van der Waals surface area contributed by atoms with Crippen molar-refractivity contribution in [3.8, 4) is 0 Å². The molecular weight excluding hydrogens is 290 g/mol. The summed E-state index contributed by atoms with van der Waals surface area (Å²) in [6.45, 7) is 0. The number of amides is 1. The first-order valence-corrected chi connectivity index (χ1v) is 8.27. The predicted octanol–water partition coefficient (Wildman–Crippen LogP) is 1.58. The fraction of sp³-hybridized carbons (Fsp3) is 0.429. The maximum atomic E-state index is 12.1. The van der Waals surface area contributed by atoms with E-state index in [1.165, 1.54) is 0 Å². The molecule has 21 heavy (non-hydrogen) atoms. The largest absolute Gasteiger partial charge is 0.430 e. The van der Waals surface area contributed by atoms with Crippen LogP contribution in [0, 0.1) is 0 Å². The minimum Gasteiger partial charge on any atom is -0.430 e. The van der Waals surface area contributed by atoms with Crippen LogP contribution in [0.2, 0.25) is 0 Å². The Kier molecular flexibility index (Phi) is 3.92. The third-order valence-corrected chi connectivity index (χ3v) is 4.66. The lowest BCUT2D eigenvalue weighted by Crippen LogP contribution is -2.35. The summed E-state index contributed by atoms with van der Waals surface area (Å²) in [5, 5.41) is 2.97. The number of nitrogens with two attached hydrogens (primary N) is 1. The molecule has 0 saturated heterocycles. The summed E-state index contributed by atoms with van der Waals surface area (Å²) >= 11 is 0. The topological polar surface area (TPSA) is 98.2 Å². The predicted molar refractivity (Wildman–Crippen MR) is 80.1 cm³/mol. The second-order valence-corrected chi connectivity index (χ2v) is 6.57. The van der Waals surface area contributed by atoms with Crippen molar-refractivity contribution in [1.82, 2.24) is 10.3 Å². The third-order valence-electron chi connectivity index (χ3n) is 3.57. The fourth-order valence-electron chi connectivity index (χ4n) is 2.54. The van der Waals surface area contributed by atoms with Crippen LogP contribution in [0.3, 0.4) is 0 Å². The molecule has 1 fully saturated rings. The minimum absolute atomic E-state index is 0.0668. The number of fused-ring (bicyclic) bond motifs is 1. The lowest BCUT2D eigenvalue weighted by molar-refractivity contribution is -0.119. The Morgan fingerprint density at radius 3 is 2.95 bits per heavy atom. The lowest BCUT2D eigenvalue weighted by Gasteiger charge is -2.10. The highest BCUT2D eigenvalue weighted by atomic mass is 32.2. The lowest BCUT2D eigenvalue weighted by atomic mass is 10.2. The van der Waals surface area contributed by atoms with E-state index >= 15 is 0 Å². The fourth-order valence-corrected chi connectivity index (χ4v) is 3.37. The zero-order valence-electron chi connectivity index (χ0n) is 11.5. The molecule has 1 aliphatic carbocycles. The minimum atomic E-state index is -1.58. The summed E-state index contributed by atoms with van der Waals surface area (Å²) in [6.07, 6.45) is 4.28. The van der Waals surface area contributed by atoms with Gasteiger partial charge in [0.1, 0.15) is 22.1 Å². The molecule has 7 heteroatoms. The van der Waals surface area contributed by atoms with Crippen LogP contribution < -0.4 is 11.1 Å². The molecule has 0 spiro atoms. The average molecular weight is 307 g/mol. The van der Waals surface area contributed by atoms with Gasteiger partial charge in [0.05, 0.1) is 0 Å². The zero-order valence-corrected chi connectivity index (χ0v) is 12.3. The monoisotopic (exact) mass is 307 g/mol. The normalized spacial score (nSPS) is 17.1. The van der Waals surface area contributed by atoms with E-state index in [1.807, 2.05) is 0 Å². The van der Waals surface area contributed by atoms with Gasteiger partial charge in [0.15, 0.2) is 5.58 Å². The summed E-state index contributed by atoms with van der Waals surface area (Å²) < 4.78 is 17.6. The highest BCUT2D eigenvalue weighted by molar-refractivity contribution is 7.85.